The highest BCUT2D eigenvalue weighted by Crippen LogP contribution is 2.14. The van der Waals surface area contributed by atoms with Crippen molar-refractivity contribution in [1.82, 2.24) is 0 Å². The number of allylic oxidation sites excluding steroid dienone is 2. The van der Waals surface area contributed by atoms with E-state index in [0.29, 0.717) is 6.42 Å². The maximum atomic E-state index is 10.4. The molecule has 0 bridgehead atoms. The van der Waals surface area contributed by atoms with Crippen LogP contribution in [0.1, 0.15) is 135 Å². The quantitative estimate of drug-likeness (QED) is 0.163. The third-order valence-corrected chi connectivity index (χ3v) is 5.13. The van der Waals surface area contributed by atoms with Gasteiger partial charge in [0.05, 0.1) is 0 Å². The van der Waals surface area contributed by atoms with Crippen LogP contribution < -0.4 is 0 Å². The Balaban J connectivity index is 3.02. The van der Waals surface area contributed by atoms with Crippen LogP contribution in [-0.4, -0.2) is 11.1 Å². The van der Waals surface area contributed by atoms with E-state index in [1.807, 2.05) is 0 Å². The summed E-state index contributed by atoms with van der Waals surface area (Å²) in [5.74, 6) is -0.653. The molecule has 2 nitrogen and oxygen atoms in total. The lowest BCUT2D eigenvalue weighted by atomic mass is 10.0. The van der Waals surface area contributed by atoms with E-state index in [4.69, 9.17) is 5.11 Å². The molecule has 0 aromatic rings. The molecule has 0 aliphatic rings. The van der Waals surface area contributed by atoms with Gasteiger partial charge in [0.1, 0.15) is 0 Å². The fraction of sp³-hybridized carbons (Fsp3) is 0.875. The molecule has 0 aliphatic carbocycles. The minimum atomic E-state index is -0.653. The number of aliphatic carboxylic acids is 1. The summed E-state index contributed by atoms with van der Waals surface area (Å²) in [6, 6.07) is 0. The van der Waals surface area contributed by atoms with Crippen LogP contribution in [0.25, 0.3) is 0 Å². The molecule has 1 N–H and O–H groups in total. The molecule has 154 valence electrons. The molecule has 0 unspecified atom stereocenters. The summed E-state index contributed by atoms with van der Waals surface area (Å²) in [4.78, 5) is 10.4. The van der Waals surface area contributed by atoms with Crippen LogP contribution in [0.5, 0.6) is 0 Å². The topological polar surface area (TPSA) is 37.3 Å². The molecule has 0 fully saturated rings. The van der Waals surface area contributed by atoms with Crippen LogP contribution in [0.15, 0.2) is 12.2 Å². The van der Waals surface area contributed by atoms with Crippen LogP contribution in [0.4, 0.5) is 0 Å². The van der Waals surface area contributed by atoms with Gasteiger partial charge in [0.2, 0.25) is 0 Å². The lowest BCUT2D eigenvalue weighted by Gasteiger charge is -2.03. The van der Waals surface area contributed by atoms with E-state index in [-0.39, 0.29) is 0 Å². The van der Waals surface area contributed by atoms with Gasteiger partial charge in [-0.2, -0.15) is 0 Å². The third kappa shape index (κ3) is 23.2. The summed E-state index contributed by atoms with van der Waals surface area (Å²) in [7, 11) is 0. The second-order valence-electron chi connectivity index (χ2n) is 7.85. The largest absolute Gasteiger partial charge is 0.481 e. The second kappa shape index (κ2) is 22.3. The Bertz CT molecular complexity index is 309. The van der Waals surface area contributed by atoms with E-state index in [2.05, 4.69) is 19.1 Å². The van der Waals surface area contributed by atoms with Crippen molar-refractivity contribution in [1.29, 1.82) is 0 Å². The number of hydrogen-bond donors (Lipinski definition) is 1. The molecule has 0 aliphatic heterocycles. The molecule has 0 aromatic heterocycles. The van der Waals surface area contributed by atoms with Gasteiger partial charge in [-0.05, 0) is 25.7 Å². The number of hydrogen-bond acceptors (Lipinski definition) is 1. The zero-order valence-electron chi connectivity index (χ0n) is 17.7. The van der Waals surface area contributed by atoms with Gasteiger partial charge >= 0.3 is 5.97 Å². The highest BCUT2D eigenvalue weighted by molar-refractivity contribution is 5.66. The van der Waals surface area contributed by atoms with Gasteiger partial charge in [-0.25, -0.2) is 0 Å². The van der Waals surface area contributed by atoms with E-state index in [9.17, 15) is 4.79 Å². The first-order chi connectivity index (χ1) is 12.8. The van der Waals surface area contributed by atoms with E-state index in [1.165, 1.54) is 109 Å². The molecule has 0 atom stereocenters. The molecule has 0 spiro atoms. The van der Waals surface area contributed by atoms with Gasteiger partial charge < -0.3 is 5.11 Å². The Morgan fingerprint density at radius 1 is 0.577 bits per heavy atom. The fourth-order valence-corrected chi connectivity index (χ4v) is 3.42. The third-order valence-electron chi connectivity index (χ3n) is 5.13. The Hall–Kier alpha value is -0.790. The smallest absolute Gasteiger partial charge is 0.303 e. The van der Waals surface area contributed by atoms with Crippen LogP contribution >= 0.6 is 0 Å². The standard InChI is InChI=1S/C24H46O2/c1-2-3-4-5-6-7-8-9-10-11-12-13-14-15-16-17-18-19-20-21-22-23-24(25)26/h4-5H,2-3,6-23H2,1H3,(H,25,26)/b5-4+. The fourth-order valence-electron chi connectivity index (χ4n) is 3.42. The molecule has 0 saturated heterocycles. The van der Waals surface area contributed by atoms with E-state index >= 15 is 0 Å². The van der Waals surface area contributed by atoms with Gasteiger partial charge in [-0.3, -0.25) is 4.79 Å². The molecule has 0 amide bonds. The summed E-state index contributed by atoms with van der Waals surface area (Å²) >= 11 is 0. The van der Waals surface area contributed by atoms with Crippen LogP contribution in [-0.2, 0) is 4.79 Å². The molecular weight excluding hydrogens is 320 g/mol. The maximum absolute atomic E-state index is 10.4. The van der Waals surface area contributed by atoms with E-state index < -0.39 is 5.97 Å². The van der Waals surface area contributed by atoms with Crippen molar-refractivity contribution >= 4 is 5.97 Å². The van der Waals surface area contributed by atoms with Gasteiger partial charge in [0.25, 0.3) is 0 Å². The van der Waals surface area contributed by atoms with Crippen molar-refractivity contribution in [2.24, 2.45) is 0 Å². The molecule has 0 aromatic carbocycles. The van der Waals surface area contributed by atoms with E-state index in [1.54, 1.807) is 0 Å². The maximum Gasteiger partial charge on any atom is 0.303 e. The zero-order chi connectivity index (χ0) is 19.1. The van der Waals surface area contributed by atoms with Gasteiger partial charge in [-0.1, -0.05) is 115 Å². The van der Waals surface area contributed by atoms with Crippen molar-refractivity contribution in [2.75, 3.05) is 0 Å². The molecule has 0 saturated carbocycles. The lowest BCUT2D eigenvalue weighted by molar-refractivity contribution is -0.137. The summed E-state index contributed by atoms with van der Waals surface area (Å²) < 4.78 is 0. The first kappa shape index (κ1) is 25.2. The Labute approximate surface area is 163 Å². The Morgan fingerprint density at radius 3 is 1.31 bits per heavy atom. The van der Waals surface area contributed by atoms with Gasteiger partial charge in [-0.15, -0.1) is 0 Å². The first-order valence-corrected chi connectivity index (χ1v) is 11.6. The average Bonchev–Trinajstić information content (AvgIpc) is 2.62. The molecule has 0 rings (SSSR count). The summed E-state index contributed by atoms with van der Waals surface area (Å²) in [6.07, 6.45) is 30.1. The zero-order valence-corrected chi connectivity index (χ0v) is 17.7. The number of carboxylic acid groups (broad SMARTS) is 1. The molecule has 0 heterocycles. The van der Waals surface area contributed by atoms with Crippen molar-refractivity contribution in [2.45, 2.75) is 135 Å². The molecule has 26 heavy (non-hydrogen) atoms. The number of rotatable bonds is 21. The SMILES string of the molecule is CCC/C=C/CCCCCCCCCCCCCCCCCCC(=O)O. The van der Waals surface area contributed by atoms with Crippen LogP contribution in [0, 0.1) is 0 Å². The average molecular weight is 367 g/mol. The van der Waals surface area contributed by atoms with Crippen molar-refractivity contribution in [3.63, 3.8) is 0 Å². The summed E-state index contributed by atoms with van der Waals surface area (Å²) in [5, 5.41) is 8.57. The highest BCUT2D eigenvalue weighted by Gasteiger charge is 1.97. The Morgan fingerprint density at radius 2 is 0.923 bits per heavy atom. The number of carboxylic acids is 1. The molecule has 2 heteroatoms. The minimum absolute atomic E-state index is 0.344. The predicted octanol–water partition coefficient (Wildman–Crippen LogP) is 8.45. The van der Waals surface area contributed by atoms with Gasteiger partial charge in [0, 0.05) is 6.42 Å². The molecular formula is C24H46O2. The lowest BCUT2D eigenvalue weighted by Crippen LogP contribution is -1.93. The first-order valence-electron chi connectivity index (χ1n) is 11.6. The number of unbranched alkanes of at least 4 members (excludes halogenated alkanes) is 17. The Kier molecular flexibility index (Phi) is 21.6. The molecule has 0 radical (unpaired) electrons. The second-order valence-corrected chi connectivity index (χ2v) is 7.85. The van der Waals surface area contributed by atoms with Crippen molar-refractivity contribution in [3.8, 4) is 0 Å². The summed E-state index contributed by atoms with van der Waals surface area (Å²) in [6.45, 7) is 2.24. The van der Waals surface area contributed by atoms with Crippen molar-refractivity contribution in [3.05, 3.63) is 12.2 Å². The monoisotopic (exact) mass is 366 g/mol. The van der Waals surface area contributed by atoms with Crippen molar-refractivity contribution < 1.29 is 9.90 Å². The number of carbonyl (C=O) groups is 1. The van der Waals surface area contributed by atoms with Gasteiger partial charge in [0.15, 0.2) is 0 Å². The summed E-state index contributed by atoms with van der Waals surface area (Å²) in [5.41, 5.74) is 0. The minimum Gasteiger partial charge on any atom is -0.481 e. The van der Waals surface area contributed by atoms with Crippen LogP contribution in [0.2, 0.25) is 0 Å². The highest BCUT2D eigenvalue weighted by atomic mass is 16.4. The van der Waals surface area contributed by atoms with Crippen LogP contribution in [0.3, 0.4) is 0 Å². The predicted molar refractivity (Wildman–Crippen MR) is 115 cm³/mol. The normalized spacial score (nSPS) is 11.4. The van der Waals surface area contributed by atoms with E-state index in [0.717, 1.165) is 12.8 Å².